The molecule has 1 N–H and O–H groups in total. The minimum Gasteiger partial charge on any atom is -0.340 e. The monoisotopic (exact) mass is 290 g/mol. The summed E-state index contributed by atoms with van der Waals surface area (Å²) in [5.74, 6) is -0.483. The fraction of sp³-hybridized carbons (Fsp3) is 0.833. The maximum atomic E-state index is 12.2. The van der Waals surface area contributed by atoms with Crippen molar-refractivity contribution in [3.8, 4) is 0 Å². The maximum Gasteiger partial charge on any atom is 0.248 e. The van der Waals surface area contributed by atoms with Crippen LogP contribution in [0.25, 0.3) is 0 Å². The Morgan fingerprint density at radius 2 is 1.84 bits per heavy atom. The van der Waals surface area contributed by atoms with Gasteiger partial charge in [0.2, 0.25) is 11.8 Å². The van der Waals surface area contributed by atoms with Crippen LogP contribution < -0.4 is 5.32 Å². The molecule has 0 aromatic rings. The Morgan fingerprint density at radius 3 is 2.37 bits per heavy atom. The van der Waals surface area contributed by atoms with Crippen molar-refractivity contribution in [3.63, 3.8) is 0 Å². The second-order valence-electron chi connectivity index (χ2n) is 5.44. The molecule has 1 rings (SSSR count). The molecule has 0 aliphatic carbocycles. The van der Waals surface area contributed by atoms with Crippen LogP contribution >= 0.6 is 0 Å². The number of hydrogen-bond acceptors (Lipinski definition) is 4. The molecule has 0 radical (unpaired) electrons. The van der Waals surface area contributed by atoms with E-state index in [1.54, 1.807) is 27.7 Å². The molecule has 110 valence electrons. The molecule has 1 unspecified atom stereocenters. The Kier molecular flexibility index (Phi) is 4.60. The van der Waals surface area contributed by atoms with Gasteiger partial charge in [-0.25, -0.2) is 8.42 Å². The van der Waals surface area contributed by atoms with Gasteiger partial charge in [-0.1, -0.05) is 6.92 Å². The molecule has 0 bridgehead atoms. The van der Waals surface area contributed by atoms with Crippen molar-refractivity contribution >= 4 is 21.7 Å². The number of nitrogens with one attached hydrogen (secondary N) is 1. The highest BCUT2D eigenvalue weighted by Gasteiger charge is 2.43. The van der Waals surface area contributed by atoms with Crippen LogP contribution in [0.4, 0.5) is 0 Å². The van der Waals surface area contributed by atoms with Crippen molar-refractivity contribution in [2.45, 2.75) is 45.7 Å². The van der Waals surface area contributed by atoms with E-state index in [1.807, 2.05) is 0 Å². The average molecular weight is 290 g/mol. The van der Waals surface area contributed by atoms with E-state index in [1.165, 1.54) is 4.90 Å². The molecule has 19 heavy (non-hydrogen) atoms. The van der Waals surface area contributed by atoms with E-state index in [9.17, 15) is 18.0 Å². The summed E-state index contributed by atoms with van der Waals surface area (Å²) in [5.41, 5.74) is -0.974. The van der Waals surface area contributed by atoms with Gasteiger partial charge in [-0.3, -0.25) is 9.59 Å². The largest absolute Gasteiger partial charge is 0.340 e. The van der Waals surface area contributed by atoms with Crippen molar-refractivity contribution in [2.24, 2.45) is 0 Å². The summed E-state index contributed by atoms with van der Waals surface area (Å²) in [5, 5.41) is 2.63. The van der Waals surface area contributed by atoms with Gasteiger partial charge in [0.15, 0.2) is 9.84 Å². The summed E-state index contributed by atoms with van der Waals surface area (Å²) < 4.78 is 23.4. The number of rotatable bonds is 5. The fourth-order valence-electron chi connectivity index (χ4n) is 2.09. The van der Waals surface area contributed by atoms with Crippen molar-refractivity contribution in [3.05, 3.63) is 0 Å². The molecular formula is C12H22N2O4S. The molecule has 2 amide bonds. The van der Waals surface area contributed by atoms with Gasteiger partial charge in [0.25, 0.3) is 0 Å². The molecule has 1 heterocycles. The van der Waals surface area contributed by atoms with Crippen LogP contribution in [0.1, 0.15) is 34.1 Å². The van der Waals surface area contributed by atoms with Crippen LogP contribution in [0.3, 0.4) is 0 Å². The summed E-state index contributed by atoms with van der Waals surface area (Å²) in [6.07, 6.45) is 0.553. The molecule has 6 nitrogen and oxygen atoms in total. The van der Waals surface area contributed by atoms with Gasteiger partial charge in [0, 0.05) is 12.3 Å². The molecule has 1 saturated heterocycles. The van der Waals surface area contributed by atoms with Gasteiger partial charge in [0.05, 0.1) is 5.75 Å². The van der Waals surface area contributed by atoms with E-state index < -0.39 is 21.4 Å². The number of sulfone groups is 1. The molecule has 1 aliphatic heterocycles. The molecule has 7 heteroatoms. The molecule has 1 fully saturated rings. The van der Waals surface area contributed by atoms with E-state index in [-0.39, 0.29) is 29.9 Å². The smallest absolute Gasteiger partial charge is 0.248 e. The zero-order valence-corrected chi connectivity index (χ0v) is 12.7. The molecule has 0 aromatic heterocycles. The highest BCUT2D eigenvalue weighted by atomic mass is 32.2. The normalized spacial score (nSPS) is 23.4. The van der Waals surface area contributed by atoms with Gasteiger partial charge in [0.1, 0.15) is 11.6 Å². The average Bonchev–Trinajstić information content (AvgIpc) is 2.26. The predicted molar refractivity (Wildman–Crippen MR) is 72.3 cm³/mol. The van der Waals surface area contributed by atoms with Crippen LogP contribution in [-0.2, 0) is 19.4 Å². The second kappa shape index (κ2) is 5.48. The first-order valence-electron chi connectivity index (χ1n) is 6.44. The van der Waals surface area contributed by atoms with Crippen molar-refractivity contribution < 1.29 is 18.0 Å². The number of hydrogen-bond donors (Lipinski definition) is 1. The summed E-state index contributed by atoms with van der Waals surface area (Å²) in [4.78, 5) is 25.3. The maximum absolute atomic E-state index is 12.2. The van der Waals surface area contributed by atoms with Crippen LogP contribution in [0.5, 0.6) is 0 Å². The first-order chi connectivity index (χ1) is 8.60. The van der Waals surface area contributed by atoms with E-state index in [2.05, 4.69) is 5.32 Å². The lowest BCUT2D eigenvalue weighted by Crippen LogP contribution is -2.67. The van der Waals surface area contributed by atoms with Crippen LogP contribution in [0.15, 0.2) is 0 Å². The molecule has 0 aromatic carbocycles. The Morgan fingerprint density at radius 1 is 1.26 bits per heavy atom. The zero-order valence-electron chi connectivity index (χ0n) is 11.9. The van der Waals surface area contributed by atoms with Crippen LogP contribution in [0, 0.1) is 0 Å². The number of amides is 2. The third kappa shape index (κ3) is 3.68. The van der Waals surface area contributed by atoms with Gasteiger partial charge >= 0.3 is 0 Å². The lowest BCUT2D eigenvalue weighted by Gasteiger charge is -2.41. The Labute approximate surface area is 114 Å². The topological polar surface area (TPSA) is 83.6 Å². The Balaban J connectivity index is 2.80. The van der Waals surface area contributed by atoms with Crippen molar-refractivity contribution in [1.82, 2.24) is 10.2 Å². The van der Waals surface area contributed by atoms with E-state index in [0.717, 1.165) is 0 Å². The SMILES string of the molecule is CCCS(=O)(=O)CCN1C(=O)C(C)(C)NC(=O)C1C. The van der Waals surface area contributed by atoms with Crippen LogP contribution in [0.2, 0.25) is 0 Å². The number of carbonyl (C=O) groups excluding carboxylic acids is 2. The highest BCUT2D eigenvalue weighted by molar-refractivity contribution is 7.91. The second-order valence-corrected chi connectivity index (χ2v) is 7.74. The Bertz CT molecular complexity index is 470. The molecule has 1 aliphatic rings. The summed E-state index contributed by atoms with van der Waals surface area (Å²) in [6.45, 7) is 6.70. The van der Waals surface area contributed by atoms with E-state index >= 15 is 0 Å². The van der Waals surface area contributed by atoms with Gasteiger partial charge in [-0.15, -0.1) is 0 Å². The molecular weight excluding hydrogens is 268 g/mol. The number of carbonyl (C=O) groups is 2. The molecule has 0 saturated carbocycles. The standard InChI is InChI=1S/C12H22N2O4S/c1-5-7-19(17,18)8-6-14-9(2)10(15)13-12(3,4)11(14)16/h9H,5-8H2,1-4H3,(H,13,15). The highest BCUT2D eigenvalue weighted by Crippen LogP contribution is 2.17. The zero-order chi connectivity index (χ0) is 14.8. The molecule has 1 atom stereocenters. The quantitative estimate of drug-likeness (QED) is 0.768. The van der Waals surface area contributed by atoms with Crippen molar-refractivity contribution in [2.75, 3.05) is 18.1 Å². The number of piperazine rings is 1. The van der Waals surface area contributed by atoms with Crippen LogP contribution in [-0.4, -0.2) is 54.8 Å². The van der Waals surface area contributed by atoms with Gasteiger partial charge < -0.3 is 10.2 Å². The Hall–Kier alpha value is -1.11. The third-order valence-corrected chi connectivity index (χ3v) is 5.07. The molecule has 0 spiro atoms. The summed E-state index contributed by atoms with van der Waals surface area (Å²) >= 11 is 0. The fourth-order valence-corrected chi connectivity index (χ4v) is 3.39. The van der Waals surface area contributed by atoms with Gasteiger partial charge in [-0.05, 0) is 27.2 Å². The number of nitrogens with zero attached hydrogens (tertiary/aromatic N) is 1. The summed E-state index contributed by atoms with van der Waals surface area (Å²) in [6, 6.07) is -0.627. The third-order valence-electron chi connectivity index (χ3n) is 3.24. The van der Waals surface area contributed by atoms with E-state index in [4.69, 9.17) is 0 Å². The minimum absolute atomic E-state index is 0.0686. The van der Waals surface area contributed by atoms with E-state index in [0.29, 0.717) is 6.42 Å². The summed E-state index contributed by atoms with van der Waals surface area (Å²) in [7, 11) is -3.16. The van der Waals surface area contributed by atoms with Gasteiger partial charge in [-0.2, -0.15) is 0 Å². The predicted octanol–water partition coefficient (Wildman–Crippen LogP) is -0.0633. The van der Waals surface area contributed by atoms with Crippen molar-refractivity contribution in [1.29, 1.82) is 0 Å². The minimum atomic E-state index is -3.16. The lowest BCUT2D eigenvalue weighted by molar-refractivity contribution is -0.152. The first-order valence-corrected chi connectivity index (χ1v) is 8.26. The first kappa shape index (κ1) is 15.9. The lowest BCUT2D eigenvalue weighted by atomic mass is 9.97.